The van der Waals surface area contributed by atoms with Gasteiger partial charge in [-0.3, -0.25) is 9.69 Å². The first-order valence-electron chi connectivity index (χ1n) is 8.56. The maximum Gasteiger partial charge on any atom is 0.338 e. The van der Waals surface area contributed by atoms with Crippen LogP contribution >= 0.6 is 0 Å². The summed E-state index contributed by atoms with van der Waals surface area (Å²) in [7, 11) is 0. The van der Waals surface area contributed by atoms with E-state index in [0.29, 0.717) is 24.3 Å². The molecule has 0 spiro atoms. The first-order valence-corrected chi connectivity index (χ1v) is 8.56. The minimum absolute atomic E-state index is 0.000142. The number of anilines is 1. The summed E-state index contributed by atoms with van der Waals surface area (Å²) in [6.07, 6.45) is 5.77. The van der Waals surface area contributed by atoms with E-state index in [1.807, 2.05) is 6.08 Å². The smallest absolute Gasteiger partial charge is 0.338 e. The number of hydrogen-bond donors (Lipinski definition) is 1. The average Bonchev–Trinajstić information content (AvgIpc) is 2.58. The Morgan fingerprint density at radius 2 is 2.08 bits per heavy atom. The van der Waals surface area contributed by atoms with Gasteiger partial charge in [-0.05, 0) is 50.6 Å². The molecule has 5 nitrogen and oxygen atoms in total. The lowest BCUT2D eigenvalue weighted by Gasteiger charge is -2.34. The van der Waals surface area contributed by atoms with E-state index in [9.17, 15) is 9.59 Å². The lowest BCUT2D eigenvalue weighted by atomic mass is 9.99. The van der Waals surface area contributed by atoms with Gasteiger partial charge in [0.15, 0.2) is 0 Å². The van der Waals surface area contributed by atoms with Gasteiger partial charge in [-0.2, -0.15) is 0 Å². The van der Waals surface area contributed by atoms with Gasteiger partial charge in [-0.15, -0.1) is 6.58 Å². The second-order valence-corrected chi connectivity index (χ2v) is 5.98. The highest BCUT2D eigenvalue weighted by molar-refractivity contribution is 5.93. The van der Waals surface area contributed by atoms with Crippen LogP contribution in [0.15, 0.2) is 36.9 Å². The number of hydrogen-bond acceptors (Lipinski definition) is 4. The van der Waals surface area contributed by atoms with Crippen molar-refractivity contribution in [3.8, 4) is 0 Å². The van der Waals surface area contributed by atoms with E-state index in [4.69, 9.17) is 4.74 Å². The average molecular weight is 330 g/mol. The zero-order valence-corrected chi connectivity index (χ0v) is 14.3. The fourth-order valence-corrected chi connectivity index (χ4v) is 3.03. The third-order valence-corrected chi connectivity index (χ3v) is 4.21. The number of ether oxygens (including phenoxy) is 1. The number of piperidine rings is 1. The molecule has 1 unspecified atom stereocenters. The predicted molar refractivity (Wildman–Crippen MR) is 95.1 cm³/mol. The van der Waals surface area contributed by atoms with Crippen molar-refractivity contribution in [2.24, 2.45) is 0 Å². The van der Waals surface area contributed by atoms with Gasteiger partial charge in [0.05, 0.1) is 12.2 Å². The van der Waals surface area contributed by atoms with Crippen LogP contribution in [0.1, 0.15) is 43.0 Å². The number of carbonyl (C=O) groups is 2. The fraction of sp³-hybridized carbons (Fsp3) is 0.474. The van der Waals surface area contributed by atoms with Gasteiger partial charge in [0.25, 0.3) is 0 Å². The summed E-state index contributed by atoms with van der Waals surface area (Å²) in [6, 6.07) is 7.06. The van der Waals surface area contributed by atoms with Crippen LogP contribution in [-0.2, 0) is 9.53 Å². The molecule has 5 heteroatoms. The topological polar surface area (TPSA) is 58.6 Å². The lowest BCUT2D eigenvalue weighted by molar-refractivity contribution is -0.117. The Balaban J connectivity index is 1.89. The molecule has 1 atom stereocenters. The summed E-state index contributed by atoms with van der Waals surface area (Å²) >= 11 is 0. The van der Waals surface area contributed by atoms with E-state index < -0.39 is 0 Å². The molecule has 0 aromatic heterocycles. The Labute approximate surface area is 143 Å². The minimum Gasteiger partial charge on any atom is -0.462 e. The summed E-state index contributed by atoms with van der Waals surface area (Å²) in [5.41, 5.74) is 1.18. The molecule has 1 saturated heterocycles. The van der Waals surface area contributed by atoms with Gasteiger partial charge >= 0.3 is 5.97 Å². The van der Waals surface area contributed by atoms with Crippen molar-refractivity contribution in [1.29, 1.82) is 0 Å². The highest BCUT2D eigenvalue weighted by Gasteiger charge is 2.23. The van der Waals surface area contributed by atoms with Gasteiger partial charge in [0, 0.05) is 24.7 Å². The Bertz CT molecular complexity index is 568. The number of benzene rings is 1. The molecular formula is C19H26N2O3. The molecule has 0 saturated carbocycles. The number of amides is 1. The standard InChI is InChI=1S/C19H26N2O3/c1-3-12-21-13-6-5-7-17(21)14-18(22)20-16-10-8-15(9-11-16)19(23)24-4-2/h3,8-11,17H,1,4-7,12-14H2,2H3,(H,20,22). The van der Waals surface area contributed by atoms with Crippen LogP contribution in [0.3, 0.4) is 0 Å². The number of rotatable bonds is 7. The van der Waals surface area contributed by atoms with E-state index in [2.05, 4.69) is 16.8 Å². The molecule has 1 aliphatic rings. The van der Waals surface area contributed by atoms with E-state index in [1.165, 1.54) is 12.8 Å². The van der Waals surface area contributed by atoms with Crippen molar-refractivity contribution in [2.75, 3.05) is 25.0 Å². The number of nitrogens with zero attached hydrogens (tertiary/aromatic N) is 1. The molecule has 130 valence electrons. The van der Waals surface area contributed by atoms with Crippen molar-refractivity contribution in [1.82, 2.24) is 4.90 Å². The molecule has 24 heavy (non-hydrogen) atoms. The number of nitrogens with one attached hydrogen (secondary N) is 1. The summed E-state index contributed by atoms with van der Waals surface area (Å²) in [4.78, 5) is 26.2. The van der Waals surface area contributed by atoms with Crippen LogP contribution in [0.2, 0.25) is 0 Å². The monoisotopic (exact) mass is 330 g/mol. The van der Waals surface area contributed by atoms with E-state index in [1.54, 1.807) is 31.2 Å². The van der Waals surface area contributed by atoms with Crippen LogP contribution in [0.5, 0.6) is 0 Å². The van der Waals surface area contributed by atoms with Crippen LogP contribution in [0.25, 0.3) is 0 Å². The third-order valence-electron chi connectivity index (χ3n) is 4.21. The summed E-state index contributed by atoms with van der Waals surface area (Å²) < 4.78 is 4.94. The molecule has 0 radical (unpaired) electrons. The summed E-state index contributed by atoms with van der Waals surface area (Å²) in [5.74, 6) is -0.350. The van der Waals surface area contributed by atoms with Crippen LogP contribution < -0.4 is 5.32 Å². The predicted octanol–water partition coefficient (Wildman–Crippen LogP) is 3.23. The molecule has 0 bridgehead atoms. The van der Waals surface area contributed by atoms with Crippen molar-refractivity contribution in [2.45, 2.75) is 38.6 Å². The first-order chi connectivity index (χ1) is 11.6. The van der Waals surface area contributed by atoms with Crippen LogP contribution in [0.4, 0.5) is 5.69 Å². The van der Waals surface area contributed by atoms with Gasteiger partial charge in [-0.25, -0.2) is 4.79 Å². The number of esters is 1. The fourth-order valence-electron chi connectivity index (χ4n) is 3.03. The highest BCUT2D eigenvalue weighted by atomic mass is 16.5. The largest absolute Gasteiger partial charge is 0.462 e. The SMILES string of the molecule is C=CCN1CCCCC1CC(=O)Nc1ccc(C(=O)OCC)cc1. The molecular weight excluding hydrogens is 304 g/mol. The Kier molecular flexibility index (Phi) is 7.00. The molecule has 1 fully saturated rings. The maximum atomic E-state index is 12.3. The van der Waals surface area contributed by atoms with Crippen molar-refractivity contribution >= 4 is 17.6 Å². The zero-order valence-electron chi connectivity index (χ0n) is 14.3. The Morgan fingerprint density at radius 3 is 2.75 bits per heavy atom. The van der Waals surface area contributed by atoms with Crippen LogP contribution in [-0.4, -0.2) is 42.5 Å². The molecule has 2 rings (SSSR count). The summed E-state index contributed by atoms with van der Waals surface area (Å²) in [6.45, 7) is 7.76. The second-order valence-electron chi connectivity index (χ2n) is 5.98. The Hall–Kier alpha value is -2.14. The van der Waals surface area contributed by atoms with Gasteiger partial charge in [-0.1, -0.05) is 12.5 Å². The lowest BCUT2D eigenvalue weighted by Crippen LogP contribution is -2.41. The molecule has 1 aromatic rings. The van der Waals surface area contributed by atoms with E-state index in [0.717, 1.165) is 19.5 Å². The van der Waals surface area contributed by atoms with E-state index >= 15 is 0 Å². The quantitative estimate of drug-likeness (QED) is 0.616. The molecule has 1 N–H and O–H groups in total. The summed E-state index contributed by atoms with van der Waals surface area (Å²) in [5, 5.41) is 2.91. The first kappa shape index (κ1) is 18.2. The highest BCUT2D eigenvalue weighted by Crippen LogP contribution is 2.20. The van der Waals surface area contributed by atoms with Gasteiger partial charge in [0.2, 0.25) is 5.91 Å². The van der Waals surface area contributed by atoms with Crippen molar-refractivity contribution < 1.29 is 14.3 Å². The number of carbonyl (C=O) groups excluding carboxylic acids is 2. The Morgan fingerprint density at radius 1 is 1.33 bits per heavy atom. The normalized spacial score (nSPS) is 18.0. The van der Waals surface area contributed by atoms with Crippen LogP contribution in [0, 0.1) is 0 Å². The molecule has 1 heterocycles. The van der Waals surface area contributed by atoms with E-state index in [-0.39, 0.29) is 17.9 Å². The molecule has 1 aromatic carbocycles. The molecule has 1 aliphatic heterocycles. The minimum atomic E-state index is -0.349. The number of likely N-dealkylation sites (tertiary alicyclic amines) is 1. The zero-order chi connectivity index (χ0) is 17.4. The second kappa shape index (κ2) is 9.23. The molecule has 0 aliphatic carbocycles. The third kappa shape index (κ3) is 5.20. The van der Waals surface area contributed by atoms with Crippen molar-refractivity contribution in [3.05, 3.63) is 42.5 Å². The van der Waals surface area contributed by atoms with Gasteiger partial charge < -0.3 is 10.1 Å². The molecule has 1 amide bonds. The maximum absolute atomic E-state index is 12.3. The van der Waals surface area contributed by atoms with Crippen molar-refractivity contribution in [3.63, 3.8) is 0 Å². The van der Waals surface area contributed by atoms with Gasteiger partial charge in [0.1, 0.15) is 0 Å².